The van der Waals surface area contributed by atoms with Crippen molar-refractivity contribution in [2.24, 2.45) is 5.92 Å². The molecule has 0 radical (unpaired) electrons. The van der Waals surface area contributed by atoms with E-state index in [1.165, 1.54) is 0 Å². The van der Waals surface area contributed by atoms with E-state index in [4.69, 9.17) is 0 Å². The van der Waals surface area contributed by atoms with E-state index in [0.717, 1.165) is 0 Å². The van der Waals surface area contributed by atoms with Crippen LogP contribution in [-0.2, 0) is 0 Å². The van der Waals surface area contributed by atoms with E-state index in [0.29, 0.717) is 0 Å². The van der Waals surface area contributed by atoms with Crippen LogP contribution in [0.1, 0.15) is 27.7 Å². The summed E-state index contributed by atoms with van der Waals surface area (Å²) >= 11 is 0. The number of hydrogen-bond donors (Lipinski definition) is 3. The second kappa shape index (κ2) is 4.08. The molecule has 0 spiro atoms. The molecule has 3 atom stereocenters. The summed E-state index contributed by atoms with van der Waals surface area (Å²) in [5.41, 5.74) is -1.38. The van der Waals surface area contributed by atoms with Gasteiger partial charge in [-0.05, 0) is 33.8 Å². The Bertz CT molecular complexity index is 276. The summed E-state index contributed by atoms with van der Waals surface area (Å²) in [6.07, 6.45) is 6.55. The standard InChI is InChI=1S/C12H21NO2/c1-9(14)10-7-5-6-8-12(10,15)13-11(2,3)4/h5-10,13-15H,1-4H3. The lowest BCUT2D eigenvalue weighted by Crippen LogP contribution is -2.59. The molecule has 0 aromatic carbocycles. The van der Waals surface area contributed by atoms with Gasteiger partial charge in [-0.1, -0.05) is 18.2 Å². The fourth-order valence-electron chi connectivity index (χ4n) is 1.90. The third-order valence-electron chi connectivity index (χ3n) is 2.38. The molecule has 0 aromatic rings. The van der Waals surface area contributed by atoms with Crippen LogP contribution in [0.5, 0.6) is 0 Å². The van der Waals surface area contributed by atoms with Crippen LogP contribution in [-0.4, -0.2) is 27.6 Å². The number of hydrogen-bond acceptors (Lipinski definition) is 3. The predicted octanol–water partition coefficient (Wildman–Crippen LogP) is 1.19. The molecule has 0 aliphatic heterocycles. The average Bonchev–Trinajstić information content (AvgIpc) is 1.99. The van der Waals surface area contributed by atoms with Gasteiger partial charge in [-0.2, -0.15) is 0 Å². The SMILES string of the molecule is CC(O)C1C=CC=CC1(O)NC(C)(C)C. The maximum atomic E-state index is 10.4. The first-order valence-corrected chi connectivity index (χ1v) is 5.30. The van der Waals surface area contributed by atoms with E-state index >= 15 is 0 Å². The molecule has 1 aliphatic rings. The Balaban J connectivity index is 2.89. The van der Waals surface area contributed by atoms with Crippen LogP contribution in [0.3, 0.4) is 0 Å². The topological polar surface area (TPSA) is 52.5 Å². The predicted molar refractivity (Wildman–Crippen MR) is 61.3 cm³/mol. The van der Waals surface area contributed by atoms with Gasteiger partial charge in [0.2, 0.25) is 0 Å². The Morgan fingerprint density at radius 1 is 1.33 bits per heavy atom. The fraction of sp³-hybridized carbons (Fsp3) is 0.667. The number of nitrogens with one attached hydrogen (secondary N) is 1. The molecule has 0 saturated heterocycles. The first-order chi connectivity index (χ1) is 6.75. The fourth-order valence-corrected chi connectivity index (χ4v) is 1.90. The third-order valence-corrected chi connectivity index (χ3v) is 2.38. The highest BCUT2D eigenvalue weighted by molar-refractivity contribution is 5.22. The van der Waals surface area contributed by atoms with Gasteiger partial charge in [-0.3, -0.25) is 5.32 Å². The maximum Gasteiger partial charge on any atom is 0.144 e. The van der Waals surface area contributed by atoms with Crippen molar-refractivity contribution in [2.45, 2.75) is 45.1 Å². The van der Waals surface area contributed by atoms with Crippen LogP contribution in [0.15, 0.2) is 24.3 Å². The van der Waals surface area contributed by atoms with Crippen molar-refractivity contribution in [1.82, 2.24) is 5.32 Å². The first kappa shape index (κ1) is 12.4. The van der Waals surface area contributed by atoms with Crippen LogP contribution in [0.4, 0.5) is 0 Å². The lowest BCUT2D eigenvalue weighted by atomic mass is 9.85. The third kappa shape index (κ3) is 3.16. The Kier molecular flexibility index (Phi) is 3.38. The van der Waals surface area contributed by atoms with Crippen molar-refractivity contribution in [3.05, 3.63) is 24.3 Å². The lowest BCUT2D eigenvalue weighted by Gasteiger charge is -2.41. The molecule has 3 N–H and O–H groups in total. The minimum atomic E-state index is -1.17. The highest BCUT2D eigenvalue weighted by Crippen LogP contribution is 2.27. The van der Waals surface area contributed by atoms with Crippen molar-refractivity contribution in [3.63, 3.8) is 0 Å². The molecule has 0 fully saturated rings. The van der Waals surface area contributed by atoms with Crippen molar-refractivity contribution in [1.29, 1.82) is 0 Å². The summed E-state index contributed by atoms with van der Waals surface area (Å²) in [6, 6.07) is 0. The van der Waals surface area contributed by atoms with Gasteiger partial charge in [-0.25, -0.2) is 0 Å². The number of aliphatic hydroxyl groups is 2. The van der Waals surface area contributed by atoms with Crippen LogP contribution in [0.25, 0.3) is 0 Å². The number of aliphatic hydroxyl groups excluding tert-OH is 1. The van der Waals surface area contributed by atoms with Crippen LogP contribution in [0.2, 0.25) is 0 Å². The molecule has 3 heteroatoms. The minimum Gasteiger partial charge on any atom is -0.393 e. The molecule has 0 saturated carbocycles. The number of rotatable bonds is 2. The quantitative estimate of drug-likeness (QED) is 0.601. The summed E-state index contributed by atoms with van der Waals surface area (Å²) in [5, 5.41) is 23.2. The summed E-state index contributed by atoms with van der Waals surface area (Å²) in [7, 11) is 0. The molecule has 0 amide bonds. The number of allylic oxidation sites excluding steroid dienone is 2. The summed E-state index contributed by atoms with van der Waals surface area (Å²) in [5.74, 6) is -0.318. The van der Waals surface area contributed by atoms with E-state index in [-0.39, 0.29) is 11.5 Å². The largest absolute Gasteiger partial charge is 0.393 e. The molecular formula is C12H21NO2. The highest BCUT2D eigenvalue weighted by Gasteiger charge is 2.39. The second-order valence-corrected chi connectivity index (χ2v) is 5.21. The molecule has 15 heavy (non-hydrogen) atoms. The van der Waals surface area contributed by atoms with Crippen molar-refractivity contribution < 1.29 is 10.2 Å². The van der Waals surface area contributed by atoms with Crippen molar-refractivity contribution in [2.75, 3.05) is 0 Å². The van der Waals surface area contributed by atoms with E-state index in [1.54, 1.807) is 19.1 Å². The molecule has 0 aromatic heterocycles. The van der Waals surface area contributed by atoms with Gasteiger partial charge in [0.05, 0.1) is 6.10 Å². The molecule has 0 heterocycles. The Hall–Kier alpha value is -0.640. The summed E-state index contributed by atoms with van der Waals surface area (Å²) in [4.78, 5) is 0. The molecule has 0 bridgehead atoms. The van der Waals surface area contributed by atoms with E-state index in [2.05, 4.69) is 5.32 Å². The maximum absolute atomic E-state index is 10.4. The molecule has 3 nitrogen and oxygen atoms in total. The van der Waals surface area contributed by atoms with Gasteiger partial charge >= 0.3 is 0 Å². The molecule has 1 rings (SSSR count). The average molecular weight is 211 g/mol. The Labute approximate surface area is 91.5 Å². The molecule has 1 aliphatic carbocycles. The van der Waals surface area contributed by atoms with Crippen molar-refractivity contribution >= 4 is 0 Å². The van der Waals surface area contributed by atoms with Gasteiger partial charge < -0.3 is 10.2 Å². The summed E-state index contributed by atoms with van der Waals surface area (Å²) in [6.45, 7) is 7.63. The van der Waals surface area contributed by atoms with Gasteiger partial charge in [0.25, 0.3) is 0 Å². The zero-order valence-electron chi connectivity index (χ0n) is 9.86. The molecular weight excluding hydrogens is 190 g/mol. The zero-order chi connectivity index (χ0) is 11.7. The van der Waals surface area contributed by atoms with Crippen molar-refractivity contribution in [3.8, 4) is 0 Å². The Morgan fingerprint density at radius 3 is 2.40 bits per heavy atom. The lowest BCUT2D eigenvalue weighted by molar-refractivity contribution is -0.0500. The van der Waals surface area contributed by atoms with E-state index < -0.39 is 11.8 Å². The van der Waals surface area contributed by atoms with E-state index in [9.17, 15) is 10.2 Å². The summed E-state index contributed by atoms with van der Waals surface area (Å²) < 4.78 is 0. The van der Waals surface area contributed by atoms with Gasteiger partial charge in [0, 0.05) is 11.5 Å². The monoisotopic (exact) mass is 211 g/mol. The Morgan fingerprint density at radius 2 is 1.93 bits per heavy atom. The minimum absolute atomic E-state index is 0.211. The molecule has 86 valence electrons. The second-order valence-electron chi connectivity index (χ2n) is 5.21. The van der Waals surface area contributed by atoms with Gasteiger partial charge in [0.15, 0.2) is 0 Å². The first-order valence-electron chi connectivity index (χ1n) is 5.30. The normalized spacial score (nSPS) is 33.1. The van der Waals surface area contributed by atoms with E-state index in [1.807, 2.05) is 32.9 Å². The van der Waals surface area contributed by atoms with Crippen LogP contribution < -0.4 is 5.32 Å². The van der Waals surface area contributed by atoms with Crippen LogP contribution >= 0.6 is 0 Å². The van der Waals surface area contributed by atoms with Crippen LogP contribution in [0, 0.1) is 5.92 Å². The van der Waals surface area contributed by atoms with Gasteiger partial charge in [-0.15, -0.1) is 0 Å². The zero-order valence-corrected chi connectivity index (χ0v) is 9.86. The van der Waals surface area contributed by atoms with Gasteiger partial charge in [0.1, 0.15) is 5.72 Å². The smallest absolute Gasteiger partial charge is 0.144 e. The molecule has 3 unspecified atom stereocenters. The highest BCUT2D eigenvalue weighted by atomic mass is 16.3.